The van der Waals surface area contributed by atoms with Crippen molar-refractivity contribution in [2.24, 2.45) is 0 Å². The van der Waals surface area contributed by atoms with Gasteiger partial charge in [-0.3, -0.25) is 4.79 Å². The number of likely N-dealkylation sites (N-methyl/N-ethyl adjacent to an activating group) is 1. The topological polar surface area (TPSA) is 49.8 Å². The summed E-state index contributed by atoms with van der Waals surface area (Å²) in [5, 5.41) is 9.70. The van der Waals surface area contributed by atoms with Crippen molar-refractivity contribution in [3.8, 4) is 5.75 Å². The third kappa shape index (κ3) is 3.84. The van der Waals surface area contributed by atoms with E-state index >= 15 is 0 Å². The first-order chi connectivity index (χ1) is 9.35. The quantitative estimate of drug-likeness (QED) is 0.853. The van der Waals surface area contributed by atoms with E-state index in [1.807, 2.05) is 18.2 Å². The van der Waals surface area contributed by atoms with Crippen molar-refractivity contribution in [1.29, 1.82) is 0 Å². The number of benzene rings is 1. The van der Waals surface area contributed by atoms with Gasteiger partial charge in [-0.2, -0.15) is 0 Å². The Morgan fingerprint density at radius 1 is 1.50 bits per heavy atom. The van der Waals surface area contributed by atoms with Crippen LogP contribution in [-0.4, -0.2) is 41.7 Å². The highest BCUT2D eigenvalue weighted by atomic mass is 16.5. The van der Waals surface area contributed by atoms with Gasteiger partial charge in [0.25, 0.3) is 0 Å². The van der Waals surface area contributed by atoms with Crippen molar-refractivity contribution >= 4 is 12.0 Å². The van der Waals surface area contributed by atoms with Crippen LogP contribution in [0.25, 0.3) is 6.08 Å². The summed E-state index contributed by atoms with van der Waals surface area (Å²) in [6, 6.07) is 5.92. The Morgan fingerprint density at radius 3 is 2.95 bits per heavy atom. The zero-order valence-electron chi connectivity index (χ0n) is 12.2. The molecule has 0 bridgehead atoms. The molecule has 1 aliphatic rings. The zero-order chi connectivity index (χ0) is 14.8. The number of fused-ring (bicyclic) bond motifs is 1. The number of rotatable bonds is 4. The zero-order valence-corrected chi connectivity index (χ0v) is 12.2. The second-order valence-corrected chi connectivity index (χ2v) is 5.81. The van der Waals surface area contributed by atoms with Gasteiger partial charge in [-0.05, 0) is 43.2 Å². The fourth-order valence-electron chi connectivity index (χ4n) is 2.26. The molecule has 20 heavy (non-hydrogen) atoms. The fraction of sp³-hybridized carbons (Fsp3) is 0.438. The molecule has 0 radical (unpaired) electrons. The van der Waals surface area contributed by atoms with Crippen molar-refractivity contribution in [1.82, 2.24) is 4.90 Å². The molecule has 0 saturated carbocycles. The standard InChI is InChI=1S/C16H21NO3/c1-16(2,19)11-17(3)15(18)7-5-12-4-6-14-13(10-12)8-9-20-14/h4-7,10,19H,8-9,11H2,1-3H3. The maximum absolute atomic E-state index is 11.9. The first-order valence-electron chi connectivity index (χ1n) is 6.76. The molecule has 1 heterocycles. The highest BCUT2D eigenvalue weighted by molar-refractivity contribution is 5.91. The van der Waals surface area contributed by atoms with Crippen molar-refractivity contribution in [2.45, 2.75) is 25.9 Å². The third-order valence-corrected chi connectivity index (χ3v) is 3.13. The lowest BCUT2D eigenvalue weighted by molar-refractivity contribution is -0.127. The summed E-state index contributed by atoms with van der Waals surface area (Å²) in [4.78, 5) is 13.4. The van der Waals surface area contributed by atoms with Crippen LogP contribution in [0.2, 0.25) is 0 Å². The van der Waals surface area contributed by atoms with Crippen molar-refractivity contribution in [3.63, 3.8) is 0 Å². The molecule has 1 amide bonds. The van der Waals surface area contributed by atoms with Crippen LogP contribution >= 0.6 is 0 Å². The second-order valence-electron chi connectivity index (χ2n) is 5.81. The Hall–Kier alpha value is -1.81. The Bertz CT molecular complexity index is 529. The third-order valence-electron chi connectivity index (χ3n) is 3.13. The van der Waals surface area contributed by atoms with Crippen molar-refractivity contribution < 1.29 is 14.6 Å². The molecule has 0 spiro atoms. The summed E-state index contributed by atoms with van der Waals surface area (Å²) in [6.07, 6.45) is 4.24. The summed E-state index contributed by atoms with van der Waals surface area (Å²) in [6.45, 7) is 4.39. The Kier molecular flexibility index (Phi) is 4.14. The fourth-order valence-corrected chi connectivity index (χ4v) is 2.26. The van der Waals surface area contributed by atoms with E-state index in [1.54, 1.807) is 27.0 Å². The van der Waals surface area contributed by atoms with Gasteiger partial charge >= 0.3 is 0 Å². The normalized spacial score (nSPS) is 14.2. The second kappa shape index (κ2) is 5.67. The number of carbonyl (C=O) groups excluding carboxylic acids is 1. The van der Waals surface area contributed by atoms with Gasteiger partial charge in [0, 0.05) is 26.1 Å². The van der Waals surface area contributed by atoms with Gasteiger partial charge in [0.15, 0.2) is 0 Å². The van der Waals surface area contributed by atoms with Crippen LogP contribution in [0.1, 0.15) is 25.0 Å². The lowest BCUT2D eigenvalue weighted by Gasteiger charge is -2.24. The summed E-state index contributed by atoms with van der Waals surface area (Å²) in [7, 11) is 1.68. The number of hydrogen-bond donors (Lipinski definition) is 1. The van der Waals surface area contributed by atoms with E-state index in [1.165, 1.54) is 16.5 Å². The summed E-state index contributed by atoms with van der Waals surface area (Å²) >= 11 is 0. The average molecular weight is 275 g/mol. The van der Waals surface area contributed by atoms with Crippen molar-refractivity contribution in [2.75, 3.05) is 20.2 Å². The summed E-state index contributed by atoms with van der Waals surface area (Å²) < 4.78 is 5.45. The van der Waals surface area contributed by atoms with Crippen LogP contribution < -0.4 is 4.74 Å². The van der Waals surface area contributed by atoms with Gasteiger partial charge in [0.1, 0.15) is 5.75 Å². The van der Waals surface area contributed by atoms with Gasteiger partial charge in [-0.1, -0.05) is 6.07 Å². The number of carbonyl (C=O) groups is 1. The van der Waals surface area contributed by atoms with Crippen LogP contribution in [0.3, 0.4) is 0 Å². The maximum atomic E-state index is 11.9. The molecule has 0 fully saturated rings. The first-order valence-corrected chi connectivity index (χ1v) is 6.76. The SMILES string of the molecule is CN(CC(C)(C)O)C(=O)C=Cc1ccc2c(c1)CCO2. The molecule has 1 aliphatic heterocycles. The molecule has 1 aromatic carbocycles. The average Bonchev–Trinajstić information content (AvgIpc) is 2.81. The van der Waals surface area contributed by atoms with Gasteiger partial charge in [-0.25, -0.2) is 0 Å². The predicted octanol–water partition coefficient (Wildman–Crippen LogP) is 1.86. The number of hydrogen-bond acceptors (Lipinski definition) is 3. The largest absolute Gasteiger partial charge is 0.493 e. The van der Waals surface area contributed by atoms with Crippen LogP contribution in [0, 0.1) is 0 Å². The Morgan fingerprint density at radius 2 is 2.25 bits per heavy atom. The van der Waals surface area contributed by atoms with E-state index in [2.05, 4.69) is 0 Å². The minimum atomic E-state index is -0.886. The molecule has 0 aliphatic carbocycles. The van der Waals surface area contributed by atoms with Crippen LogP contribution in [0.5, 0.6) is 5.75 Å². The molecular formula is C16H21NO3. The molecule has 1 N–H and O–H groups in total. The Labute approximate surface area is 119 Å². The molecule has 1 aromatic rings. The van der Waals surface area contributed by atoms with E-state index in [9.17, 15) is 9.90 Å². The number of nitrogens with zero attached hydrogens (tertiary/aromatic N) is 1. The molecule has 108 valence electrons. The first kappa shape index (κ1) is 14.6. The van der Waals surface area contributed by atoms with Gasteiger partial charge in [0.05, 0.1) is 12.2 Å². The molecule has 2 rings (SSSR count). The number of amides is 1. The van der Waals surface area contributed by atoms with E-state index in [0.717, 1.165) is 24.3 Å². The van der Waals surface area contributed by atoms with Crippen LogP contribution in [0.15, 0.2) is 24.3 Å². The number of ether oxygens (including phenoxy) is 1. The predicted molar refractivity (Wildman–Crippen MR) is 78.6 cm³/mol. The van der Waals surface area contributed by atoms with E-state index in [0.29, 0.717) is 6.54 Å². The van der Waals surface area contributed by atoms with Crippen LogP contribution in [0.4, 0.5) is 0 Å². The van der Waals surface area contributed by atoms with Gasteiger partial charge < -0.3 is 14.7 Å². The van der Waals surface area contributed by atoms with Gasteiger partial charge in [0.2, 0.25) is 5.91 Å². The molecule has 0 unspecified atom stereocenters. The Balaban J connectivity index is 2.00. The van der Waals surface area contributed by atoms with E-state index in [4.69, 9.17) is 4.74 Å². The van der Waals surface area contributed by atoms with E-state index in [-0.39, 0.29) is 5.91 Å². The van der Waals surface area contributed by atoms with E-state index < -0.39 is 5.60 Å². The minimum absolute atomic E-state index is 0.121. The smallest absolute Gasteiger partial charge is 0.246 e. The molecule has 0 saturated heterocycles. The van der Waals surface area contributed by atoms with Crippen LogP contribution in [-0.2, 0) is 11.2 Å². The summed E-state index contributed by atoms with van der Waals surface area (Å²) in [5.41, 5.74) is 1.28. The van der Waals surface area contributed by atoms with Gasteiger partial charge in [-0.15, -0.1) is 0 Å². The lowest BCUT2D eigenvalue weighted by atomic mass is 10.1. The minimum Gasteiger partial charge on any atom is -0.493 e. The molecule has 0 aromatic heterocycles. The monoisotopic (exact) mass is 275 g/mol. The number of aliphatic hydroxyl groups is 1. The molecule has 4 heteroatoms. The lowest BCUT2D eigenvalue weighted by Crippen LogP contribution is -2.38. The maximum Gasteiger partial charge on any atom is 0.246 e. The molecular weight excluding hydrogens is 254 g/mol. The molecule has 4 nitrogen and oxygen atoms in total. The van der Waals surface area contributed by atoms with Crippen molar-refractivity contribution in [3.05, 3.63) is 35.4 Å². The highest BCUT2D eigenvalue weighted by Crippen LogP contribution is 2.26. The highest BCUT2D eigenvalue weighted by Gasteiger charge is 2.18. The molecule has 0 atom stereocenters. The summed E-state index contributed by atoms with van der Waals surface area (Å²) in [5.74, 6) is 0.816.